The number of rotatable bonds is 1. The van der Waals surface area contributed by atoms with Crippen molar-refractivity contribution in [2.75, 3.05) is 6.61 Å². The van der Waals surface area contributed by atoms with Crippen molar-refractivity contribution in [2.24, 2.45) is 0 Å². The van der Waals surface area contributed by atoms with Crippen LogP contribution in [0.4, 0.5) is 4.79 Å². The third-order valence-corrected chi connectivity index (χ3v) is 3.41. The van der Waals surface area contributed by atoms with E-state index in [2.05, 4.69) is 5.32 Å². The fourth-order valence-corrected chi connectivity index (χ4v) is 2.69. The number of aliphatic hydroxyl groups is 1. The number of alkyl carbamates (subject to hydrolysis) is 1. The van der Waals surface area contributed by atoms with Crippen molar-refractivity contribution in [3.63, 3.8) is 0 Å². The normalized spacial score (nSPS) is 36.7. The van der Waals surface area contributed by atoms with Crippen molar-refractivity contribution in [1.29, 1.82) is 0 Å². The minimum absolute atomic E-state index is 0.0787. The predicted octanol–water partition coefficient (Wildman–Crippen LogP) is 1.19. The first-order valence-corrected chi connectivity index (χ1v) is 6.14. The Morgan fingerprint density at radius 3 is 2.88 bits per heavy atom. The summed E-state index contributed by atoms with van der Waals surface area (Å²) in [6.45, 7) is 5.74. The molecule has 0 spiro atoms. The average Bonchev–Trinajstić information content (AvgIpc) is 2.65. The molecule has 0 bridgehead atoms. The summed E-state index contributed by atoms with van der Waals surface area (Å²) in [4.78, 5) is 11.8. The van der Waals surface area contributed by atoms with E-state index in [-0.39, 0.29) is 6.10 Å². The molecule has 0 aromatic carbocycles. The van der Waals surface area contributed by atoms with E-state index in [0.717, 1.165) is 19.3 Å². The second-order valence-electron chi connectivity index (χ2n) is 5.90. The summed E-state index contributed by atoms with van der Waals surface area (Å²) < 4.78 is 10.7. The van der Waals surface area contributed by atoms with Gasteiger partial charge in [0.15, 0.2) is 0 Å². The zero-order valence-corrected chi connectivity index (χ0v) is 10.7. The van der Waals surface area contributed by atoms with Gasteiger partial charge in [-0.1, -0.05) is 0 Å². The Labute approximate surface area is 101 Å². The number of amides is 1. The fourth-order valence-electron chi connectivity index (χ4n) is 2.69. The van der Waals surface area contributed by atoms with E-state index in [1.165, 1.54) is 0 Å². The number of nitrogens with one attached hydrogen (secondary N) is 1. The molecular weight excluding hydrogens is 222 g/mol. The summed E-state index contributed by atoms with van der Waals surface area (Å²) in [7, 11) is 0. The van der Waals surface area contributed by atoms with E-state index >= 15 is 0 Å². The van der Waals surface area contributed by atoms with Crippen LogP contribution in [0.5, 0.6) is 0 Å². The zero-order valence-electron chi connectivity index (χ0n) is 10.7. The average molecular weight is 243 g/mol. The molecule has 1 saturated heterocycles. The highest BCUT2D eigenvalue weighted by Gasteiger charge is 2.55. The topological polar surface area (TPSA) is 67.8 Å². The van der Waals surface area contributed by atoms with Crippen LogP contribution in [0, 0.1) is 0 Å². The lowest BCUT2D eigenvalue weighted by Gasteiger charge is -2.33. The summed E-state index contributed by atoms with van der Waals surface area (Å²) in [5, 5.41) is 12.8. The minimum atomic E-state index is -0.637. The summed E-state index contributed by atoms with van der Waals surface area (Å²) in [6.07, 6.45) is 1.39. The molecule has 1 heterocycles. The molecular formula is C12H21NO4. The van der Waals surface area contributed by atoms with Crippen LogP contribution in [-0.2, 0) is 9.47 Å². The van der Waals surface area contributed by atoms with E-state index in [1.807, 2.05) is 20.8 Å². The molecule has 1 aliphatic heterocycles. The van der Waals surface area contributed by atoms with Crippen molar-refractivity contribution in [3.05, 3.63) is 0 Å². The third kappa shape index (κ3) is 2.40. The van der Waals surface area contributed by atoms with E-state index in [0.29, 0.717) is 6.61 Å². The third-order valence-electron chi connectivity index (χ3n) is 3.41. The van der Waals surface area contributed by atoms with Crippen LogP contribution in [-0.4, -0.2) is 41.2 Å². The molecule has 2 aliphatic rings. The van der Waals surface area contributed by atoms with E-state index in [1.54, 1.807) is 0 Å². The van der Waals surface area contributed by atoms with Crippen LogP contribution in [0.3, 0.4) is 0 Å². The Morgan fingerprint density at radius 2 is 2.24 bits per heavy atom. The van der Waals surface area contributed by atoms with E-state index in [4.69, 9.17) is 9.47 Å². The summed E-state index contributed by atoms with van der Waals surface area (Å²) in [5.41, 5.74) is -1.17. The van der Waals surface area contributed by atoms with Crippen molar-refractivity contribution in [2.45, 2.75) is 63.4 Å². The Bertz CT molecular complexity index is 312. The van der Waals surface area contributed by atoms with Gasteiger partial charge in [-0.15, -0.1) is 0 Å². The summed E-state index contributed by atoms with van der Waals surface area (Å²) in [5.74, 6) is 0. The second-order valence-corrected chi connectivity index (χ2v) is 5.90. The molecule has 1 aliphatic carbocycles. The van der Waals surface area contributed by atoms with Crippen LogP contribution < -0.4 is 5.32 Å². The molecule has 2 fully saturated rings. The highest BCUT2D eigenvalue weighted by Crippen LogP contribution is 2.40. The van der Waals surface area contributed by atoms with Crippen molar-refractivity contribution in [3.8, 4) is 0 Å². The highest BCUT2D eigenvalue weighted by molar-refractivity contribution is 5.69. The van der Waals surface area contributed by atoms with Crippen LogP contribution in [0.1, 0.15) is 40.0 Å². The minimum Gasteiger partial charge on any atom is -0.444 e. The molecule has 1 amide bonds. The lowest BCUT2D eigenvalue weighted by molar-refractivity contribution is 0.0288. The van der Waals surface area contributed by atoms with Gasteiger partial charge in [-0.3, -0.25) is 0 Å². The molecule has 5 heteroatoms. The number of ether oxygens (including phenoxy) is 2. The smallest absolute Gasteiger partial charge is 0.408 e. The van der Waals surface area contributed by atoms with E-state index in [9.17, 15) is 9.90 Å². The Hall–Kier alpha value is -0.810. The van der Waals surface area contributed by atoms with Crippen molar-refractivity contribution in [1.82, 2.24) is 5.32 Å². The molecule has 0 radical (unpaired) electrons. The number of fused-ring (bicyclic) bond motifs is 1. The molecule has 0 aromatic rings. The van der Waals surface area contributed by atoms with Gasteiger partial charge in [0, 0.05) is 0 Å². The quantitative estimate of drug-likeness (QED) is 0.726. The van der Waals surface area contributed by atoms with Gasteiger partial charge in [-0.25, -0.2) is 4.79 Å². The van der Waals surface area contributed by atoms with Crippen LogP contribution >= 0.6 is 0 Å². The van der Waals surface area contributed by atoms with Gasteiger partial charge >= 0.3 is 6.09 Å². The lowest BCUT2D eigenvalue weighted by Crippen LogP contribution is -2.58. The first-order valence-electron chi connectivity index (χ1n) is 6.14. The van der Waals surface area contributed by atoms with Gasteiger partial charge < -0.3 is 19.9 Å². The number of hydrogen-bond donors (Lipinski definition) is 2. The fraction of sp³-hybridized carbons (Fsp3) is 0.917. The second kappa shape index (κ2) is 4.14. The van der Waals surface area contributed by atoms with Gasteiger partial charge in [-0.05, 0) is 40.0 Å². The molecule has 1 saturated carbocycles. The van der Waals surface area contributed by atoms with Gasteiger partial charge in [-0.2, -0.15) is 0 Å². The zero-order chi connectivity index (χ0) is 12.7. The Morgan fingerprint density at radius 1 is 1.53 bits per heavy atom. The van der Waals surface area contributed by atoms with Crippen LogP contribution in [0.15, 0.2) is 0 Å². The van der Waals surface area contributed by atoms with Gasteiger partial charge in [0.05, 0.1) is 18.2 Å². The molecule has 17 heavy (non-hydrogen) atoms. The highest BCUT2D eigenvalue weighted by atomic mass is 16.6. The Balaban J connectivity index is 2.04. The standard InChI is InChI=1S/C12H21NO4/c1-11(2,3)17-10(15)13-12-6-4-5-9(12)16-7-8(12)14/h8-9,14H,4-7H2,1-3H3,(H,13,15). The van der Waals surface area contributed by atoms with Crippen molar-refractivity contribution < 1.29 is 19.4 Å². The van der Waals surface area contributed by atoms with Gasteiger partial charge in [0.2, 0.25) is 0 Å². The molecule has 3 atom stereocenters. The largest absolute Gasteiger partial charge is 0.444 e. The number of aliphatic hydroxyl groups excluding tert-OH is 1. The molecule has 2 N–H and O–H groups in total. The lowest BCUT2D eigenvalue weighted by atomic mass is 9.91. The molecule has 3 unspecified atom stereocenters. The first kappa shape index (κ1) is 12.6. The molecule has 0 aromatic heterocycles. The number of carbonyl (C=O) groups excluding carboxylic acids is 1. The monoisotopic (exact) mass is 243 g/mol. The number of hydrogen-bond acceptors (Lipinski definition) is 4. The maximum atomic E-state index is 11.8. The van der Waals surface area contributed by atoms with Crippen LogP contribution in [0.25, 0.3) is 0 Å². The van der Waals surface area contributed by atoms with Gasteiger partial charge in [0.25, 0.3) is 0 Å². The van der Waals surface area contributed by atoms with E-state index < -0.39 is 23.3 Å². The predicted molar refractivity (Wildman–Crippen MR) is 61.7 cm³/mol. The maximum absolute atomic E-state index is 11.8. The molecule has 2 rings (SSSR count). The summed E-state index contributed by atoms with van der Waals surface area (Å²) >= 11 is 0. The van der Waals surface area contributed by atoms with Crippen molar-refractivity contribution >= 4 is 6.09 Å². The maximum Gasteiger partial charge on any atom is 0.408 e. The number of carbonyl (C=O) groups is 1. The molecule has 98 valence electrons. The first-order chi connectivity index (χ1) is 7.83. The summed E-state index contributed by atoms with van der Waals surface area (Å²) in [6, 6.07) is 0. The SMILES string of the molecule is CC(C)(C)OC(=O)NC12CCCC1OCC2O. The van der Waals surface area contributed by atoms with Gasteiger partial charge in [0.1, 0.15) is 11.7 Å². The Kier molecular flexibility index (Phi) is 3.08. The van der Waals surface area contributed by atoms with Crippen LogP contribution in [0.2, 0.25) is 0 Å². The molecule has 5 nitrogen and oxygen atoms in total.